The molecule has 3 rings (SSSR count). The van der Waals surface area contributed by atoms with Crippen LogP contribution >= 0.6 is 23.1 Å². The fraction of sp³-hybridized carbons (Fsp3) is 0.158. The summed E-state index contributed by atoms with van der Waals surface area (Å²) in [6.45, 7) is 0.510. The fourth-order valence-electron chi connectivity index (χ4n) is 2.26. The number of thioether (sulfide) groups is 1. The minimum absolute atomic E-state index is 0.0527. The molecule has 0 aliphatic rings. The maximum absolute atomic E-state index is 12.0. The summed E-state index contributed by atoms with van der Waals surface area (Å²) in [5, 5.41) is 7.11. The molecule has 0 unspecified atom stereocenters. The standard InChI is InChI=1S/C19H18N2OS2/c22-19(14-24-12-15-4-2-1-3-5-15)21-10-16-8-18(11-20-9-16)17-6-7-23-13-17/h1-9,11,13H,10,12,14H2,(H,21,22). The second kappa shape index (κ2) is 8.66. The van der Waals surface area contributed by atoms with Gasteiger partial charge in [0.2, 0.25) is 5.91 Å². The molecule has 0 spiro atoms. The molecule has 0 saturated carbocycles. The van der Waals surface area contributed by atoms with Gasteiger partial charge in [0.25, 0.3) is 0 Å². The number of aromatic nitrogens is 1. The zero-order valence-corrected chi connectivity index (χ0v) is 14.8. The summed E-state index contributed by atoms with van der Waals surface area (Å²) < 4.78 is 0. The van der Waals surface area contributed by atoms with E-state index in [9.17, 15) is 4.79 Å². The van der Waals surface area contributed by atoms with E-state index in [1.54, 1.807) is 29.3 Å². The SMILES string of the molecule is O=C(CSCc1ccccc1)NCc1cncc(-c2ccsc2)c1. The molecular weight excluding hydrogens is 336 g/mol. The van der Waals surface area contributed by atoms with Crippen LogP contribution in [0, 0.1) is 0 Å². The zero-order valence-electron chi connectivity index (χ0n) is 13.1. The molecule has 0 saturated heterocycles. The van der Waals surface area contributed by atoms with Crippen LogP contribution in [-0.2, 0) is 17.1 Å². The van der Waals surface area contributed by atoms with Crippen molar-refractivity contribution in [2.75, 3.05) is 5.75 Å². The van der Waals surface area contributed by atoms with Gasteiger partial charge < -0.3 is 5.32 Å². The largest absolute Gasteiger partial charge is 0.351 e. The van der Waals surface area contributed by atoms with Gasteiger partial charge in [-0.3, -0.25) is 9.78 Å². The van der Waals surface area contributed by atoms with Gasteiger partial charge in [-0.15, -0.1) is 11.8 Å². The zero-order chi connectivity index (χ0) is 16.6. The maximum atomic E-state index is 12.0. The summed E-state index contributed by atoms with van der Waals surface area (Å²) in [4.78, 5) is 16.2. The van der Waals surface area contributed by atoms with Crippen LogP contribution in [0.25, 0.3) is 11.1 Å². The van der Waals surface area contributed by atoms with Crippen LogP contribution in [0.2, 0.25) is 0 Å². The van der Waals surface area contributed by atoms with E-state index in [2.05, 4.69) is 39.9 Å². The van der Waals surface area contributed by atoms with Gasteiger partial charge in [-0.2, -0.15) is 11.3 Å². The lowest BCUT2D eigenvalue weighted by atomic mass is 10.1. The molecule has 24 heavy (non-hydrogen) atoms. The summed E-state index contributed by atoms with van der Waals surface area (Å²) in [5.74, 6) is 1.37. The number of pyridine rings is 1. The summed E-state index contributed by atoms with van der Waals surface area (Å²) in [7, 11) is 0. The summed E-state index contributed by atoms with van der Waals surface area (Å²) in [6, 6.07) is 14.3. The lowest BCUT2D eigenvalue weighted by molar-refractivity contribution is -0.118. The molecule has 0 bridgehead atoms. The predicted octanol–water partition coefficient (Wildman–Crippen LogP) is 4.36. The number of thiophene rings is 1. The van der Waals surface area contributed by atoms with E-state index in [0.29, 0.717) is 12.3 Å². The number of amides is 1. The molecule has 1 N–H and O–H groups in total. The Balaban J connectivity index is 1.45. The Labute approximate surface area is 150 Å². The molecule has 0 atom stereocenters. The van der Waals surface area contributed by atoms with Crippen molar-refractivity contribution in [2.24, 2.45) is 0 Å². The number of hydrogen-bond donors (Lipinski definition) is 1. The van der Waals surface area contributed by atoms with Crippen molar-refractivity contribution in [3.63, 3.8) is 0 Å². The fourth-order valence-corrected chi connectivity index (χ4v) is 3.74. The van der Waals surface area contributed by atoms with Gasteiger partial charge in [0.15, 0.2) is 0 Å². The van der Waals surface area contributed by atoms with E-state index >= 15 is 0 Å². The monoisotopic (exact) mass is 354 g/mol. The normalized spacial score (nSPS) is 10.5. The first kappa shape index (κ1) is 16.7. The average molecular weight is 355 g/mol. The van der Waals surface area contributed by atoms with Gasteiger partial charge in [-0.1, -0.05) is 30.3 Å². The molecule has 1 amide bonds. The molecule has 3 aromatic rings. The van der Waals surface area contributed by atoms with Crippen LogP contribution in [0.4, 0.5) is 0 Å². The Morgan fingerprint density at radius 3 is 2.75 bits per heavy atom. The van der Waals surface area contributed by atoms with Crippen molar-refractivity contribution < 1.29 is 4.79 Å². The van der Waals surface area contributed by atoms with Gasteiger partial charge in [0.05, 0.1) is 5.75 Å². The molecule has 0 radical (unpaired) electrons. The first-order chi connectivity index (χ1) is 11.8. The van der Waals surface area contributed by atoms with Crippen molar-refractivity contribution in [1.29, 1.82) is 0 Å². The Hall–Kier alpha value is -2.11. The molecule has 3 nitrogen and oxygen atoms in total. The van der Waals surface area contributed by atoms with Crippen molar-refractivity contribution in [1.82, 2.24) is 10.3 Å². The molecule has 0 fully saturated rings. The number of hydrogen-bond acceptors (Lipinski definition) is 4. The predicted molar refractivity (Wildman–Crippen MR) is 102 cm³/mol. The van der Waals surface area contributed by atoms with Gasteiger partial charge in [0, 0.05) is 30.3 Å². The molecular formula is C19H18N2OS2. The van der Waals surface area contributed by atoms with Crippen molar-refractivity contribution >= 4 is 29.0 Å². The van der Waals surface area contributed by atoms with Crippen LogP contribution in [-0.4, -0.2) is 16.6 Å². The highest BCUT2D eigenvalue weighted by Gasteiger charge is 2.04. The highest BCUT2D eigenvalue weighted by molar-refractivity contribution is 7.99. The minimum Gasteiger partial charge on any atom is -0.351 e. The summed E-state index contributed by atoms with van der Waals surface area (Å²) in [5.41, 5.74) is 4.50. The van der Waals surface area contributed by atoms with Crippen LogP contribution in [0.15, 0.2) is 65.6 Å². The van der Waals surface area contributed by atoms with E-state index in [4.69, 9.17) is 0 Å². The second-order valence-corrected chi connectivity index (χ2v) is 7.11. The van der Waals surface area contributed by atoms with Gasteiger partial charge in [-0.05, 0) is 39.6 Å². The van der Waals surface area contributed by atoms with E-state index < -0.39 is 0 Å². The van der Waals surface area contributed by atoms with Crippen LogP contribution < -0.4 is 5.32 Å². The van der Waals surface area contributed by atoms with Gasteiger partial charge >= 0.3 is 0 Å². The Bertz CT molecular complexity index is 773. The molecule has 0 aliphatic heterocycles. The van der Waals surface area contributed by atoms with E-state index in [1.165, 1.54) is 11.1 Å². The summed E-state index contributed by atoms with van der Waals surface area (Å²) >= 11 is 3.29. The number of carbonyl (C=O) groups excluding carboxylic acids is 1. The van der Waals surface area contributed by atoms with E-state index in [0.717, 1.165) is 16.9 Å². The smallest absolute Gasteiger partial charge is 0.230 e. The number of nitrogens with zero attached hydrogens (tertiary/aromatic N) is 1. The van der Waals surface area contributed by atoms with Crippen molar-refractivity contribution in [2.45, 2.75) is 12.3 Å². The van der Waals surface area contributed by atoms with Crippen LogP contribution in [0.5, 0.6) is 0 Å². The van der Waals surface area contributed by atoms with Gasteiger partial charge in [-0.25, -0.2) is 0 Å². The summed E-state index contributed by atoms with van der Waals surface area (Å²) in [6.07, 6.45) is 3.65. The molecule has 0 aliphatic carbocycles. The second-order valence-electron chi connectivity index (χ2n) is 5.35. The quantitative estimate of drug-likeness (QED) is 0.685. The van der Waals surface area contributed by atoms with Crippen molar-refractivity contribution in [3.8, 4) is 11.1 Å². The third-order valence-corrected chi connectivity index (χ3v) is 5.17. The van der Waals surface area contributed by atoms with E-state index in [1.807, 2.05) is 29.8 Å². The Kier molecular flexibility index (Phi) is 6.04. The first-order valence-electron chi connectivity index (χ1n) is 7.66. The van der Waals surface area contributed by atoms with Gasteiger partial charge in [0.1, 0.15) is 0 Å². The molecule has 1 aromatic carbocycles. The van der Waals surface area contributed by atoms with Crippen LogP contribution in [0.1, 0.15) is 11.1 Å². The Morgan fingerprint density at radius 2 is 1.96 bits per heavy atom. The number of nitrogens with one attached hydrogen (secondary N) is 1. The molecule has 122 valence electrons. The minimum atomic E-state index is 0.0527. The Morgan fingerprint density at radius 1 is 1.08 bits per heavy atom. The third kappa shape index (κ3) is 4.94. The topological polar surface area (TPSA) is 42.0 Å². The molecule has 2 heterocycles. The third-order valence-electron chi connectivity index (χ3n) is 3.48. The lowest BCUT2D eigenvalue weighted by Crippen LogP contribution is -2.24. The lowest BCUT2D eigenvalue weighted by Gasteiger charge is -2.07. The number of benzene rings is 1. The highest BCUT2D eigenvalue weighted by Crippen LogP contribution is 2.21. The van der Waals surface area contributed by atoms with E-state index in [-0.39, 0.29) is 5.91 Å². The molecule has 2 aromatic heterocycles. The van der Waals surface area contributed by atoms with Crippen LogP contribution in [0.3, 0.4) is 0 Å². The average Bonchev–Trinajstić information content (AvgIpc) is 3.16. The highest BCUT2D eigenvalue weighted by atomic mass is 32.2. The number of carbonyl (C=O) groups is 1. The molecule has 5 heteroatoms. The first-order valence-corrected chi connectivity index (χ1v) is 9.76. The maximum Gasteiger partial charge on any atom is 0.230 e. The number of rotatable bonds is 7. The van der Waals surface area contributed by atoms with Crippen molar-refractivity contribution in [3.05, 3.63) is 76.7 Å².